The van der Waals surface area contributed by atoms with Crippen LogP contribution in [0.5, 0.6) is 11.5 Å². The van der Waals surface area contributed by atoms with Gasteiger partial charge in [-0.2, -0.15) is 0 Å². The summed E-state index contributed by atoms with van der Waals surface area (Å²) in [5.41, 5.74) is -0.0612. The van der Waals surface area contributed by atoms with Crippen molar-refractivity contribution in [3.05, 3.63) is 60.2 Å². The third kappa shape index (κ3) is 1.56. The molecule has 27 heavy (non-hydrogen) atoms. The highest BCUT2D eigenvalue weighted by molar-refractivity contribution is 6.41. The van der Waals surface area contributed by atoms with Gasteiger partial charge in [-0.25, -0.2) is 4.79 Å². The molecule has 4 heteroatoms. The number of phenolic OH excluding ortho intramolecular Hbond substituents is 2. The highest BCUT2D eigenvalue weighted by Gasteiger charge is 2.26. The Morgan fingerprint density at radius 3 is 1.96 bits per heavy atom. The molecule has 0 saturated carbocycles. The van der Waals surface area contributed by atoms with Crippen molar-refractivity contribution in [3.8, 4) is 11.5 Å². The summed E-state index contributed by atoms with van der Waals surface area (Å²) in [4.78, 5) is 12.2. The molecule has 0 amide bonds. The van der Waals surface area contributed by atoms with Crippen LogP contribution in [0.1, 0.15) is 10.4 Å². The van der Waals surface area contributed by atoms with Crippen molar-refractivity contribution in [1.82, 2.24) is 0 Å². The minimum atomic E-state index is -1.17. The molecule has 6 rings (SSSR count). The maximum Gasteiger partial charge on any atom is 0.337 e. The largest absolute Gasteiger partial charge is 0.507 e. The van der Waals surface area contributed by atoms with E-state index in [1.165, 1.54) is 6.07 Å². The fourth-order valence-corrected chi connectivity index (χ4v) is 4.67. The van der Waals surface area contributed by atoms with Crippen LogP contribution in [0.3, 0.4) is 0 Å². The maximum atomic E-state index is 12.2. The molecule has 0 spiro atoms. The van der Waals surface area contributed by atoms with Crippen LogP contribution in [0.4, 0.5) is 0 Å². The van der Waals surface area contributed by atoms with Crippen molar-refractivity contribution < 1.29 is 20.1 Å². The number of hydrogen-bond acceptors (Lipinski definition) is 3. The molecule has 128 valence electrons. The monoisotopic (exact) mass is 352 g/mol. The van der Waals surface area contributed by atoms with Gasteiger partial charge in [0.1, 0.15) is 11.5 Å². The van der Waals surface area contributed by atoms with E-state index in [1.54, 1.807) is 12.1 Å². The molecule has 3 N–H and O–H groups in total. The molecule has 4 nitrogen and oxygen atoms in total. The van der Waals surface area contributed by atoms with E-state index in [2.05, 4.69) is 6.07 Å². The standard InChI is InChI=1S/C23H12O4/c24-14-7-6-10-4-5-13-8-11-2-1-3-12-9-15(25)20-21(16(11)12)18(13)17(10)19(14)22(20)23(26)27/h1-9,24-25H,(H,26,27). The Morgan fingerprint density at radius 2 is 1.19 bits per heavy atom. The van der Waals surface area contributed by atoms with E-state index < -0.39 is 5.97 Å². The minimum absolute atomic E-state index is 0.0612. The Hall–Kier alpha value is -3.79. The first-order valence-corrected chi connectivity index (χ1v) is 8.60. The van der Waals surface area contributed by atoms with E-state index >= 15 is 0 Å². The Labute approximate surface area is 152 Å². The first-order valence-electron chi connectivity index (χ1n) is 8.60. The van der Waals surface area contributed by atoms with E-state index in [1.807, 2.05) is 30.3 Å². The van der Waals surface area contributed by atoms with Crippen LogP contribution < -0.4 is 0 Å². The number of phenols is 2. The van der Waals surface area contributed by atoms with Gasteiger partial charge < -0.3 is 15.3 Å². The van der Waals surface area contributed by atoms with Crippen molar-refractivity contribution >= 4 is 59.8 Å². The van der Waals surface area contributed by atoms with Crippen LogP contribution >= 0.6 is 0 Å². The molecular formula is C23H12O4. The fraction of sp³-hybridized carbons (Fsp3) is 0. The number of aromatic hydroxyl groups is 2. The molecule has 0 radical (unpaired) electrons. The van der Waals surface area contributed by atoms with Gasteiger partial charge in [-0.1, -0.05) is 36.4 Å². The molecule has 0 aliphatic carbocycles. The number of rotatable bonds is 1. The summed E-state index contributed by atoms with van der Waals surface area (Å²) in [6, 6.07) is 16.7. The summed E-state index contributed by atoms with van der Waals surface area (Å²) in [7, 11) is 0. The number of benzene rings is 6. The Bertz CT molecular complexity index is 1560. The summed E-state index contributed by atoms with van der Waals surface area (Å²) in [5, 5.41) is 38.8. The van der Waals surface area contributed by atoms with E-state index in [0.717, 1.165) is 43.1 Å². The molecule has 0 unspecified atom stereocenters. The number of carboxylic acid groups (broad SMARTS) is 1. The predicted molar refractivity (Wildman–Crippen MR) is 107 cm³/mol. The number of aromatic carboxylic acids is 1. The van der Waals surface area contributed by atoms with Gasteiger partial charge in [0.05, 0.1) is 5.56 Å². The van der Waals surface area contributed by atoms with E-state index in [-0.39, 0.29) is 27.8 Å². The molecule has 0 aromatic heterocycles. The second-order valence-electron chi connectivity index (χ2n) is 7.00. The number of carbonyl (C=O) groups is 1. The average Bonchev–Trinajstić information content (AvgIpc) is 2.65. The third-order valence-electron chi connectivity index (χ3n) is 5.65. The predicted octanol–water partition coefficient (Wildman–Crippen LogP) is 5.44. The molecule has 0 aliphatic rings. The zero-order valence-corrected chi connectivity index (χ0v) is 13.9. The summed E-state index contributed by atoms with van der Waals surface area (Å²) in [6.45, 7) is 0. The van der Waals surface area contributed by atoms with Crippen LogP contribution in [0.2, 0.25) is 0 Å². The highest BCUT2D eigenvalue weighted by atomic mass is 16.4. The molecule has 0 fully saturated rings. The van der Waals surface area contributed by atoms with Gasteiger partial charge in [-0.3, -0.25) is 0 Å². The van der Waals surface area contributed by atoms with E-state index in [0.29, 0.717) is 0 Å². The number of hydrogen-bond donors (Lipinski definition) is 3. The van der Waals surface area contributed by atoms with Crippen molar-refractivity contribution in [1.29, 1.82) is 0 Å². The van der Waals surface area contributed by atoms with Gasteiger partial charge in [0.25, 0.3) is 0 Å². The van der Waals surface area contributed by atoms with Crippen LogP contribution in [-0.4, -0.2) is 21.3 Å². The first kappa shape index (κ1) is 14.4. The van der Waals surface area contributed by atoms with Crippen LogP contribution in [-0.2, 0) is 0 Å². The molecule has 0 saturated heterocycles. The van der Waals surface area contributed by atoms with Crippen molar-refractivity contribution in [2.24, 2.45) is 0 Å². The molecule has 6 aromatic rings. The Kier molecular flexibility index (Phi) is 2.39. The Balaban J connectivity index is 2.17. The Morgan fingerprint density at radius 1 is 0.593 bits per heavy atom. The fourth-order valence-electron chi connectivity index (χ4n) is 4.67. The van der Waals surface area contributed by atoms with Crippen molar-refractivity contribution in [2.75, 3.05) is 0 Å². The lowest BCUT2D eigenvalue weighted by molar-refractivity contribution is 0.0700. The summed E-state index contributed by atoms with van der Waals surface area (Å²) in [6.07, 6.45) is 0. The van der Waals surface area contributed by atoms with Gasteiger partial charge >= 0.3 is 5.97 Å². The van der Waals surface area contributed by atoms with Crippen molar-refractivity contribution in [2.45, 2.75) is 0 Å². The lowest BCUT2D eigenvalue weighted by Crippen LogP contribution is -2.02. The van der Waals surface area contributed by atoms with Crippen LogP contribution in [0.25, 0.3) is 53.9 Å². The third-order valence-corrected chi connectivity index (χ3v) is 5.65. The smallest absolute Gasteiger partial charge is 0.337 e. The van der Waals surface area contributed by atoms with Gasteiger partial charge in [0.2, 0.25) is 0 Å². The van der Waals surface area contributed by atoms with Gasteiger partial charge in [-0.05, 0) is 50.5 Å². The molecule has 0 atom stereocenters. The second kappa shape index (κ2) is 4.48. The van der Waals surface area contributed by atoms with Crippen LogP contribution in [0.15, 0.2) is 54.6 Å². The van der Waals surface area contributed by atoms with E-state index in [9.17, 15) is 20.1 Å². The van der Waals surface area contributed by atoms with Gasteiger partial charge in [0.15, 0.2) is 0 Å². The normalized spacial score (nSPS) is 12.3. The summed E-state index contributed by atoms with van der Waals surface area (Å²) in [5.74, 6) is -1.37. The minimum Gasteiger partial charge on any atom is -0.507 e. The topological polar surface area (TPSA) is 77.8 Å². The van der Waals surface area contributed by atoms with Crippen LogP contribution in [0, 0.1) is 0 Å². The zero-order valence-electron chi connectivity index (χ0n) is 13.9. The quantitative estimate of drug-likeness (QED) is 0.272. The molecule has 0 bridgehead atoms. The molecule has 0 heterocycles. The molecule has 0 aliphatic heterocycles. The lowest BCUT2D eigenvalue weighted by atomic mass is 9.83. The second-order valence-corrected chi connectivity index (χ2v) is 7.00. The average molecular weight is 352 g/mol. The number of carboxylic acids is 1. The SMILES string of the molecule is O=C(O)c1c2c(O)ccc3ccc4cc5cccc6cc(O)c1c(c65)c4c32. The summed E-state index contributed by atoms with van der Waals surface area (Å²) < 4.78 is 0. The lowest BCUT2D eigenvalue weighted by Gasteiger charge is -2.20. The molecular weight excluding hydrogens is 340 g/mol. The zero-order chi connectivity index (χ0) is 18.4. The van der Waals surface area contributed by atoms with Gasteiger partial charge in [0, 0.05) is 21.5 Å². The van der Waals surface area contributed by atoms with E-state index in [4.69, 9.17) is 0 Å². The highest BCUT2D eigenvalue weighted by Crippen LogP contribution is 2.49. The molecule has 6 aromatic carbocycles. The first-order chi connectivity index (χ1) is 13.1. The van der Waals surface area contributed by atoms with Crippen molar-refractivity contribution in [3.63, 3.8) is 0 Å². The maximum absolute atomic E-state index is 12.2. The summed E-state index contributed by atoms with van der Waals surface area (Å²) >= 11 is 0. The van der Waals surface area contributed by atoms with Gasteiger partial charge in [-0.15, -0.1) is 0 Å².